The maximum absolute atomic E-state index is 12.3. The third-order valence-electron chi connectivity index (χ3n) is 10.0. The zero-order valence-corrected chi connectivity index (χ0v) is 37.6. The molecular formula is C48H77NO13. The number of carbonyl (C=O) groups excluding carboxylic acids is 2. The standard InChI is InChI=1S/C48H77NO13/c1-2-3-4-5-6-7-8-9-10-20-47(50)61-40-39-60-38-37-59-36-35-58-34-33-57-32-31-56-30-29-55-28-27-54-26-25-53-24-23-52-22-15-21-49-48(51)62-41-46-44-18-13-11-16-42(44)43-17-12-14-19-45(43)46/h11-14,16-19,46H,2-10,15,20-41H2,1H3,(H,49,51). The van der Waals surface area contributed by atoms with Crippen LogP contribution in [0.25, 0.3) is 11.1 Å². The van der Waals surface area contributed by atoms with Crippen LogP contribution < -0.4 is 5.32 Å². The second-order valence-electron chi connectivity index (χ2n) is 14.9. The molecule has 352 valence electrons. The number of hydrogen-bond acceptors (Lipinski definition) is 13. The second-order valence-corrected chi connectivity index (χ2v) is 14.9. The van der Waals surface area contributed by atoms with Crippen LogP contribution in [0.5, 0.6) is 0 Å². The molecule has 1 aliphatic carbocycles. The van der Waals surface area contributed by atoms with E-state index in [0.717, 1.165) is 12.8 Å². The molecule has 0 heterocycles. The van der Waals surface area contributed by atoms with Crippen molar-refractivity contribution in [1.82, 2.24) is 5.32 Å². The number of amides is 1. The fraction of sp³-hybridized carbons (Fsp3) is 0.708. The lowest BCUT2D eigenvalue weighted by Crippen LogP contribution is -2.27. The number of nitrogens with one attached hydrogen (secondary N) is 1. The van der Waals surface area contributed by atoms with Gasteiger partial charge in [0.2, 0.25) is 0 Å². The highest BCUT2D eigenvalue weighted by Gasteiger charge is 2.29. The van der Waals surface area contributed by atoms with Gasteiger partial charge in [0.1, 0.15) is 13.2 Å². The Labute approximate surface area is 371 Å². The average Bonchev–Trinajstić information content (AvgIpc) is 3.61. The van der Waals surface area contributed by atoms with Gasteiger partial charge < -0.3 is 57.4 Å². The third-order valence-corrected chi connectivity index (χ3v) is 10.0. The van der Waals surface area contributed by atoms with Crippen molar-refractivity contribution in [3.8, 4) is 11.1 Å². The van der Waals surface area contributed by atoms with Crippen molar-refractivity contribution in [1.29, 1.82) is 0 Å². The first-order valence-corrected chi connectivity index (χ1v) is 23.1. The molecule has 14 nitrogen and oxygen atoms in total. The van der Waals surface area contributed by atoms with Crippen molar-refractivity contribution in [2.45, 2.75) is 83.5 Å². The van der Waals surface area contributed by atoms with Crippen molar-refractivity contribution in [3.05, 3.63) is 59.7 Å². The Morgan fingerprint density at radius 3 is 1.24 bits per heavy atom. The molecule has 1 amide bonds. The first-order valence-electron chi connectivity index (χ1n) is 23.1. The van der Waals surface area contributed by atoms with Crippen molar-refractivity contribution in [3.63, 3.8) is 0 Å². The molecule has 0 atom stereocenters. The number of benzene rings is 2. The minimum Gasteiger partial charge on any atom is -0.463 e. The highest BCUT2D eigenvalue weighted by atomic mass is 16.6. The molecule has 62 heavy (non-hydrogen) atoms. The van der Waals surface area contributed by atoms with Crippen molar-refractivity contribution in [2.75, 3.05) is 139 Å². The van der Waals surface area contributed by atoms with E-state index < -0.39 is 6.09 Å². The number of esters is 1. The molecule has 2 aromatic carbocycles. The largest absolute Gasteiger partial charge is 0.463 e. The predicted molar refractivity (Wildman–Crippen MR) is 238 cm³/mol. The van der Waals surface area contributed by atoms with Crippen molar-refractivity contribution >= 4 is 12.1 Å². The van der Waals surface area contributed by atoms with Crippen LogP contribution in [0.2, 0.25) is 0 Å². The summed E-state index contributed by atoms with van der Waals surface area (Å²) in [6.45, 7) is 11.9. The van der Waals surface area contributed by atoms with Gasteiger partial charge in [0.25, 0.3) is 0 Å². The Kier molecular flexibility index (Phi) is 32.8. The summed E-state index contributed by atoms with van der Waals surface area (Å²) in [6.07, 6.45) is 11.8. The molecule has 0 radical (unpaired) electrons. The number of carbonyl (C=O) groups is 2. The molecule has 2 aromatic rings. The smallest absolute Gasteiger partial charge is 0.407 e. The summed E-state index contributed by atoms with van der Waals surface area (Å²) in [4.78, 5) is 24.1. The molecule has 1 aliphatic rings. The molecule has 0 aliphatic heterocycles. The Balaban J connectivity index is 0.924. The number of ether oxygens (including phenoxy) is 11. The highest BCUT2D eigenvalue weighted by molar-refractivity contribution is 5.79. The van der Waals surface area contributed by atoms with Crippen LogP contribution in [0, 0.1) is 0 Å². The first-order chi connectivity index (χ1) is 30.7. The van der Waals surface area contributed by atoms with Crippen LogP contribution in [-0.4, -0.2) is 151 Å². The van der Waals surface area contributed by atoms with E-state index >= 15 is 0 Å². The molecule has 0 saturated heterocycles. The maximum Gasteiger partial charge on any atom is 0.407 e. The molecule has 0 fully saturated rings. The number of hydrogen-bond donors (Lipinski definition) is 1. The molecule has 3 rings (SSSR count). The maximum atomic E-state index is 12.3. The van der Waals surface area contributed by atoms with Crippen LogP contribution in [0.4, 0.5) is 4.79 Å². The summed E-state index contributed by atoms with van der Waals surface area (Å²) in [5.74, 6) is -0.0937. The SMILES string of the molecule is CCCCCCCCCCCC(=O)OCCOCCOCCOCCOCCOCCOCCOCCOCCOCCCNC(=O)OCC1c2ccccc2-c2ccccc21. The fourth-order valence-corrected chi connectivity index (χ4v) is 6.74. The van der Waals surface area contributed by atoms with Crippen LogP contribution >= 0.6 is 0 Å². The molecule has 0 saturated carbocycles. The van der Waals surface area contributed by atoms with E-state index in [1.54, 1.807) is 0 Å². The molecule has 0 unspecified atom stereocenters. The predicted octanol–water partition coefficient (Wildman–Crippen LogP) is 7.53. The molecular weight excluding hydrogens is 799 g/mol. The zero-order chi connectivity index (χ0) is 43.8. The minimum absolute atomic E-state index is 0.0468. The van der Waals surface area contributed by atoms with Crippen molar-refractivity contribution in [2.24, 2.45) is 0 Å². The average molecular weight is 876 g/mol. The normalized spacial score (nSPS) is 12.1. The van der Waals surface area contributed by atoms with Gasteiger partial charge in [0.15, 0.2) is 0 Å². The summed E-state index contributed by atoms with van der Waals surface area (Å²) in [5, 5.41) is 2.81. The van der Waals surface area contributed by atoms with Gasteiger partial charge in [-0.25, -0.2) is 4.79 Å². The Hall–Kier alpha value is -3.18. The quantitative estimate of drug-likeness (QED) is 0.0518. The molecule has 14 heteroatoms. The van der Waals surface area contributed by atoms with E-state index in [0.29, 0.717) is 145 Å². The van der Waals surface area contributed by atoms with Crippen LogP contribution in [0.15, 0.2) is 48.5 Å². The van der Waals surface area contributed by atoms with Gasteiger partial charge in [0, 0.05) is 25.5 Å². The fourth-order valence-electron chi connectivity index (χ4n) is 6.74. The van der Waals surface area contributed by atoms with E-state index in [4.69, 9.17) is 52.1 Å². The van der Waals surface area contributed by atoms with E-state index in [2.05, 4.69) is 36.5 Å². The summed E-state index contributed by atoms with van der Waals surface area (Å²) < 4.78 is 60.5. The summed E-state index contributed by atoms with van der Waals surface area (Å²) >= 11 is 0. The number of unbranched alkanes of at least 4 members (excludes halogenated alkanes) is 8. The van der Waals surface area contributed by atoms with E-state index in [1.807, 2.05) is 24.3 Å². The van der Waals surface area contributed by atoms with Crippen LogP contribution in [0.1, 0.15) is 94.6 Å². The lowest BCUT2D eigenvalue weighted by Gasteiger charge is -2.14. The number of alkyl carbamates (subject to hydrolysis) is 1. The molecule has 0 aromatic heterocycles. The van der Waals surface area contributed by atoms with Gasteiger partial charge >= 0.3 is 12.1 Å². The molecule has 1 N–H and O–H groups in total. The monoisotopic (exact) mass is 876 g/mol. The van der Waals surface area contributed by atoms with Crippen LogP contribution in [-0.2, 0) is 56.9 Å². The zero-order valence-electron chi connectivity index (χ0n) is 37.6. The Morgan fingerprint density at radius 2 is 0.806 bits per heavy atom. The summed E-state index contributed by atoms with van der Waals surface area (Å²) in [6, 6.07) is 16.6. The van der Waals surface area contributed by atoms with Crippen LogP contribution in [0.3, 0.4) is 0 Å². The van der Waals surface area contributed by atoms with Gasteiger partial charge in [-0.3, -0.25) is 4.79 Å². The number of rotatable bonds is 43. The van der Waals surface area contributed by atoms with Gasteiger partial charge in [-0.15, -0.1) is 0 Å². The Bertz CT molecular complexity index is 1340. The Morgan fingerprint density at radius 1 is 0.435 bits per heavy atom. The molecule has 0 spiro atoms. The minimum atomic E-state index is -0.417. The van der Waals surface area contributed by atoms with E-state index in [9.17, 15) is 9.59 Å². The van der Waals surface area contributed by atoms with Gasteiger partial charge in [-0.2, -0.15) is 0 Å². The topological polar surface area (TPSA) is 148 Å². The van der Waals surface area contributed by atoms with Gasteiger partial charge in [-0.05, 0) is 35.1 Å². The third kappa shape index (κ3) is 26.4. The summed E-state index contributed by atoms with van der Waals surface area (Å²) in [7, 11) is 0. The highest BCUT2D eigenvalue weighted by Crippen LogP contribution is 2.44. The lowest BCUT2D eigenvalue weighted by atomic mass is 9.98. The number of fused-ring (bicyclic) bond motifs is 3. The lowest BCUT2D eigenvalue weighted by molar-refractivity contribution is -0.145. The van der Waals surface area contributed by atoms with Gasteiger partial charge in [-0.1, -0.05) is 107 Å². The van der Waals surface area contributed by atoms with Gasteiger partial charge in [0.05, 0.1) is 112 Å². The van der Waals surface area contributed by atoms with E-state index in [-0.39, 0.29) is 18.5 Å². The van der Waals surface area contributed by atoms with Crippen molar-refractivity contribution < 1.29 is 61.7 Å². The van der Waals surface area contributed by atoms with E-state index in [1.165, 1.54) is 67.2 Å². The second kappa shape index (κ2) is 38.3. The summed E-state index contributed by atoms with van der Waals surface area (Å²) in [5.41, 5.74) is 4.80. The molecule has 0 bridgehead atoms. The first kappa shape index (κ1) is 53.2.